The van der Waals surface area contributed by atoms with Gasteiger partial charge in [0.2, 0.25) is 5.91 Å². The van der Waals surface area contributed by atoms with Crippen LogP contribution >= 0.6 is 12.2 Å². The number of carbonyl (C=O) groups excluding carboxylic acids is 1. The minimum atomic E-state index is -0.0251. The van der Waals surface area contributed by atoms with E-state index in [0.29, 0.717) is 24.7 Å². The molecule has 6 heteroatoms. The van der Waals surface area contributed by atoms with Gasteiger partial charge in [0, 0.05) is 19.2 Å². The molecular formula is C24H40N2O3S. The lowest BCUT2D eigenvalue weighted by atomic mass is 10.1. The Hall–Kier alpha value is -1.66. The van der Waals surface area contributed by atoms with Crippen molar-refractivity contribution in [2.45, 2.75) is 84.0 Å². The van der Waals surface area contributed by atoms with E-state index in [4.69, 9.17) is 21.7 Å². The number of carbonyl (C=O) groups is 1. The minimum Gasteiger partial charge on any atom is -0.491 e. The van der Waals surface area contributed by atoms with Gasteiger partial charge in [-0.2, -0.15) is 0 Å². The molecule has 1 amide bonds. The minimum absolute atomic E-state index is 0.0251. The predicted molar refractivity (Wildman–Crippen MR) is 129 cm³/mol. The highest BCUT2D eigenvalue weighted by Crippen LogP contribution is 2.16. The monoisotopic (exact) mass is 436 g/mol. The smallest absolute Gasteiger partial charge is 0.226 e. The molecule has 0 heterocycles. The van der Waals surface area contributed by atoms with Crippen LogP contribution in [0.4, 0.5) is 5.69 Å². The maximum Gasteiger partial charge on any atom is 0.226 e. The Morgan fingerprint density at radius 2 is 1.43 bits per heavy atom. The van der Waals surface area contributed by atoms with Gasteiger partial charge >= 0.3 is 0 Å². The van der Waals surface area contributed by atoms with Gasteiger partial charge < -0.3 is 20.1 Å². The quantitative estimate of drug-likeness (QED) is 0.224. The third-order valence-electron chi connectivity index (χ3n) is 4.93. The third-order valence-corrected chi connectivity index (χ3v) is 5.13. The first-order chi connectivity index (χ1) is 14.7. The number of unbranched alkanes of at least 4 members (excludes halogenated alkanes) is 10. The summed E-state index contributed by atoms with van der Waals surface area (Å²) >= 11 is 5.23. The van der Waals surface area contributed by atoms with Crippen molar-refractivity contribution >= 4 is 28.9 Å². The number of ether oxygens (including phenoxy) is 2. The highest BCUT2D eigenvalue weighted by atomic mass is 32.1. The van der Waals surface area contributed by atoms with E-state index in [2.05, 4.69) is 17.6 Å². The van der Waals surface area contributed by atoms with Crippen molar-refractivity contribution < 1.29 is 14.3 Å². The van der Waals surface area contributed by atoms with Gasteiger partial charge in [0.05, 0.1) is 6.61 Å². The van der Waals surface area contributed by atoms with Crippen LogP contribution in [0.25, 0.3) is 0 Å². The molecule has 170 valence electrons. The van der Waals surface area contributed by atoms with Crippen LogP contribution in [0, 0.1) is 0 Å². The van der Waals surface area contributed by atoms with Crippen molar-refractivity contribution in [3.63, 3.8) is 0 Å². The van der Waals surface area contributed by atoms with Gasteiger partial charge in [0.25, 0.3) is 0 Å². The molecule has 0 saturated carbocycles. The molecule has 0 aromatic heterocycles. The predicted octanol–water partition coefficient (Wildman–Crippen LogP) is 6.23. The van der Waals surface area contributed by atoms with E-state index in [1.807, 2.05) is 24.3 Å². The van der Waals surface area contributed by atoms with E-state index >= 15 is 0 Å². The summed E-state index contributed by atoms with van der Waals surface area (Å²) < 4.78 is 10.5. The van der Waals surface area contributed by atoms with Crippen LogP contribution in [0.2, 0.25) is 0 Å². The van der Waals surface area contributed by atoms with Crippen LogP contribution in [0.5, 0.6) is 5.75 Å². The molecule has 5 nitrogen and oxygen atoms in total. The number of benzene rings is 1. The van der Waals surface area contributed by atoms with Crippen molar-refractivity contribution in [1.82, 2.24) is 5.32 Å². The molecule has 0 saturated heterocycles. The van der Waals surface area contributed by atoms with Crippen molar-refractivity contribution in [3.8, 4) is 5.75 Å². The van der Waals surface area contributed by atoms with Crippen LogP contribution in [0.15, 0.2) is 24.3 Å². The summed E-state index contributed by atoms with van der Waals surface area (Å²) in [6, 6.07) is 7.44. The second-order valence-electron chi connectivity index (χ2n) is 7.65. The number of thiocarbonyl (C=S) groups is 1. The summed E-state index contributed by atoms with van der Waals surface area (Å²) in [5.41, 5.74) is 0.814. The first-order valence-corrected chi connectivity index (χ1v) is 11.9. The van der Waals surface area contributed by atoms with E-state index in [1.54, 1.807) is 7.11 Å². The molecule has 0 aliphatic carbocycles. The van der Waals surface area contributed by atoms with Gasteiger partial charge in [-0.05, 0) is 42.9 Å². The van der Waals surface area contributed by atoms with E-state index in [0.717, 1.165) is 24.3 Å². The molecule has 0 radical (unpaired) electrons. The van der Waals surface area contributed by atoms with Gasteiger partial charge in [0.15, 0.2) is 5.11 Å². The van der Waals surface area contributed by atoms with Crippen LogP contribution in [0.3, 0.4) is 0 Å². The number of rotatable bonds is 17. The van der Waals surface area contributed by atoms with Gasteiger partial charge in [0.1, 0.15) is 12.4 Å². The molecule has 2 N–H and O–H groups in total. The Bertz CT molecular complexity index is 578. The summed E-state index contributed by atoms with van der Waals surface area (Å²) in [5, 5.41) is 6.11. The zero-order valence-corrected chi connectivity index (χ0v) is 19.7. The van der Waals surface area contributed by atoms with Crippen LogP contribution in [-0.2, 0) is 9.53 Å². The molecule has 0 fully saturated rings. The van der Waals surface area contributed by atoms with Gasteiger partial charge in [-0.1, -0.05) is 71.1 Å². The summed E-state index contributed by atoms with van der Waals surface area (Å²) in [5.74, 6) is 0.743. The lowest BCUT2D eigenvalue weighted by Gasteiger charge is -2.11. The maximum absolute atomic E-state index is 12.0. The van der Waals surface area contributed by atoms with Gasteiger partial charge in [-0.25, -0.2) is 0 Å². The molecule has 1 rings (SSSR count). The van der Waals surface area contributed by atoms with E-state index < -0.39 is 0 Å². The Balaban J connectivity index is 2.04. The SMILES string of the molecule is CCCCCCCCCCCCCC(=O)NC(=S)Nc1ccc(OCCOC)cc1. The topological polar surface area (TPSA) is 59.6 Å². The van der Waals surface area contributed by atoms with Gasteiger partial charge in [-0.15, -0.1) is 0 Å². The average Bonchev–Trinajstić information content (AvgIpc) is 2.73. The van der Waals surface area contributed by atoms with E-state index in [9.17, 15) is 4.79 Å². The fraction of sp³-hybridized carbons (Fsp3) is 0.667. The molecule has 0 spiro atoms. The number of anilines is 1. The first kappa shape index (κ1) is 26.4. The standard InChI is InChI=1S/C24H40N2O3S/c1-3-4-5-6-7-8-9-10-11-12-13-14-23(27)26-24(30)25-21-15-17-22(18-16-21)29-20-19-28-2/h15-18H,3-14,19-20H2,1-2H3,(H2,25,26,27,30). The lowest BCUT2D eigenvalue weighted by Crippen LogP contribution is -2.33. The highest BCUT2D eigenvalue weighted by Gasteiger charge is 2.05. The third kappa shape index (κ3) is 14.3. The first-order valence-electron chi connectivity index (χ1n) is 11.5. The molecular weight excluding hydrogens is 396 g/mol. The number of hydrogen-bond donors (Lipinski definition) is 2. The summed E-state index contributed by atoms with van der Waals surface area (Å²) in [6.07, 6.45) is 14.5. The molecule has 0 bridgehead atoms. The summed E-state index contributed by atoms with van der Waals surface area (Å²) in [4.78, 5) is 12.0. The second kappa shape index (κ2) is 18.1. The number of hydrogen-bond acceptors (Lipinski definition) is 4. The fourth-order valence-corrected chi connectivity index (χ4v) is 3.41. The Morgan fingerprint density at radius 1 is 0.867 bits per heavy atom. The Kier molecular flexibility index (Phi) is 15.9. The van der Waals surface area contributed by atoms with Crippen molar-refractivity contribution in [3.05, 3.63) is 24.3 Å². The summed E-state index contributed by atoms with van der Waals surface area (Å²) in [7, 11) is 1.64. The average molecular weight is 437 g/mol. The molecule has 0 aliphatic rings. The Labute approximate surface area is 188 Å². The van der Waals surface area contributed by atoms with E-state index in [1.165, 1.54) is 57.8 Å². The Morgan fingerprint density at radius 3 is 2.00 bits per heavy atom. The fourth-order valence-electron chi connectivity index (χ4n) is 3.18. The maximum atomic E-state index is 12.0. The second-order valence-corrected chi connectivity index (χ2v) is 8.06. The molecule has 0 aliphatic heterocycles. The molecule has 1 aromatic rings. The van der Waals surface area contributed by atoms with E-state index in [-0.39, 0.29) is 5.91 Å². The molecule has 0 atom stereocenters. The lowest BCUT2D eigenvalue weighted by molar-refractivity contribution is -0.119. The highest BCUT2D eigenvalue weighted by molar-refractivity contribution is 7.80. The van der Waals surface area contributed by atoms with Crippen LogP contribution in [-0.4, -0.2) is 31.3 Å². The zero-order chi connectivity index (χ0) is 21.9. The summed E-state index contributed by atoms with van der Waals surface area (Å²) in [6.45, 7) is 3.32. The number of nitrogens with one attached hydrogen (secondary N) is 2. The van der Waals surface area contributed by atoms with Crippen molar-refractivity contribution in [1.29, 1.82) is 0 Å². The van der Waals surface area contributed by atoms with Crippen molar-refractivity contribution in [2.75, 3.05) is 25.6 Å². The molecule has 1 aromatic carbocycles. The molecule has 30 heavy (non-hydrogen) atoms. The van der Waals surface area contributed by atoms with Crippen molar-refractivity contribution in [2.24, 2.45) is 0 Å². The number of methoxy groups -OCH3 is 1. The van der Waals surface area contributed by atoms with Crippen LogP contribution in [0.1, 0.15) is 84.0 Å². The van der Waals surface area contributed by atoms with Crippen LogP contribution < -0.4 is 15.4 Å². The normalized spacial score (nSPS) is 10.6. The molecule has 0 unspecified atom stereocenters. The van der Waals surface area contributed by atoms with Gasteiger partial charge in [-0.3, -0.25) is 4.79 Å². The number of amides is 1. The zero-order valence-electron chi connectivity index (χ0n) is 18.8. The largest absolute Gasteiger partial charge is 0.491 e.